The molecule has 2 aromatic carbocycles. The number of urea groups is 1. The summed E-state index contributed by atoms with van der Waals surface area (Å²) in [5.74, 6) is -0.598. The van der Waals surface area contributed by atoms with E-state index in [-0.39, 0.29) is 5.57 Å². The van der Waals surface area contributed by atoms with Crippen LogP contribution in [0, 0.1) is 6.92 Å². The highest BCUT2D eigenvalue weighted by molar-refractivity contribution is 7.99. The lowest BCUT2D eigenvalue weighted by Gasteiger charge is -2.26. The van der Waals surface area contributed by atoms with E-state index in [1.54, 1.807) is 36.4 Å². The highest BCUT2D eigenvalue weighted by Gasteiger charge is 2.37. The molecule has 3 aromatic rings. The van der Waals surface area contributed by atoms with Crippen molar-refractivity contribution in [2.75, 3.05) is 12.0 Å². The van der Waals surface area contributed by atoms with Crippen molar-refractivity contribution in [2.24, 2.45) is 0 Å². The van der Waals surface area contributed by atoms with Gasteiger partial charge in [-0.25, -0.2) is 9.69 Å². The Hall–Kier alpha value is -3.78. The maximum Gasteiger partial charge on any atom is 0.335 e. The minimum atomic E-state index is -0.813. The molecule has 0 unspecified atom stereocenters. The smallest absolute Gasteiger partial charge is 0.335 e. The van der Waals surface area contributed by atoms with E-state index in [0.717, 1.165) is 15.4 Å². The van der Waals surface area contributed by atoms with Gasteiger partial charge < -0.3 is 9.15 Å². The number of imide groups is 2. The van der Waals surface area contributed by atoms with Crippen LogP contribution in [0.1, 0.15) is 11.3 Å². The average Bonchev–Trinajstić information content (AvgIpc) is 3.20. The zero-order valence-electron chi connectivity index (χ0n) is 16.7. The van der Waals surface area contributed by atoms with E-state index >= 15 is 0 Å². The molecule has 1 aromatic heterocycles. The summed E-state index contributed by atoms with van der Waals surface area (Å²) in [4.78, 5) is 39.4. The summed E-state index contributed by atoms with van der Waals surface area (Å²) in [7, 11) is 1.52. The molecule has 2 heterocycles. The fourth-order valence-electron chi connectivity index (χ4n) is 2.95. The lowest BCUT2D eigenvalue weighted by Crippen LogP contribution is -2.54. The number of hydrogen-bond donors (Lipinski definition) is 1. The van der Waals surface area contributed by atoms with Crippen molar-refractivity contribution in [3.63, 3.8) is 0 Å². The van der Waals surface area contributed by atoms with Crippen LogP contribution < -0.4 is 15.0 Å². The number of methoxy groups -OCH3 is 1. The van der Waals surface area contributed by atoms with Gasteiger partial charge in [-0.1, -0.05) is 29.5 Å². The summed E-state index contributed by atoms with van der Waals surface area (Å²) in [5, 5.41) is 2.80. The summed E-state index contributed by atoms with van der Waals surface area (Å²) < 4.78 is 10.8. The van der Waals surface area contributed by atoms with Crippen LogP contribution in [-0.4, -0.2) is 25.0 Å². The van der Waals surface area contributed by atoms with E-state index < -0.39 is 17.8 Å². The summed E-state index contributed by atoms with van der Waals surface area (Å²) in [6.45, 7) is 2.01. The number of benzene rings is 2. The molecule has 31 heavy (non-hydrogen) atoms. The maximum absolute atomic E-state index is 12.9. The molecular weight excluding hydrogens is 416 g/mol. The fourth-order valence-corrected chi connectivity index (χ4v) is 3.73. The Morgan fingerprint density at radius 2 is 1.68 bits per heavy atom. The molecule has 0 aliphatic carbocycles. The van der Waals surface area contributed by atoms with Gasteiger partial charge in [-0.05, 0) is 61.5 Å². The minimum Gasteiger partial charge on any atom is -0.497 e. The molecular formula is C23H18N2O5S. The number of anilines is 1. The quantitative estimate of drug-likeness (QED) is 0.473. The minimum absolute atomic E-state index is 0.198. The van der Waals surface area contributed by atoms with E-state index in [9.17, 15) is 14.4 Å². The maximum atomic E-state index is 12.9. The van der Waals surface area contributed by atoms with Crippen molar-refractivity contribution < 1.29 is 23.5 Å². The standard InChI is InChI=1S/C23H18N2O5S/c1-14-3-10-18(11-4-14)31-20-12-9-17(30-20)13-19-21(26)24-23(28)25(22(19)27)15-5-7-16(29-2)8-6-15/h3-13H,1-2H3,(H,24,26,28)/b19-13+. The predicted molar refractivity (Wildman–Crippen MR) is 116 cm³/mol. The van der Waals surface area contributed by atoms with Gasteiger partial charge in [0.15, 0.2) is 5.09 Å². The van der Waals surface area contributed by atoms with Crippen molar-refractivity contribution in [3.05, 3.63) is 77.6 Å². The molecule has 0 bridgehead atoms. The highest BCUT2D eigenvalue weighted by Crippen LogP contribution is 2.30. The van der Waals surface area contributed by atoms with Crippen LogP contribution in [0.2, 0.25) is 0 Å². The summed E-state index contributed by atoms with van der Waals surface area (Å²) in [6.07, 6.45) is 1.33. The van der Waals surface area contributed by atoms with Crippen molar-refractivity contribution >= 4 is 41.4 Å². The third-order valence-corrected chi connectivity index (χ3v) is 5.49. The molecule has 0 spiro atoms. The lowest BCUT2D eigenvalue weighted by atomic mass is 10.1. The summed E-state index contributed by atoms with van der Waals surface area (Å²) in [6, 6.07) is 17.0. The number of rotatable bonds is 5. The first-order chi connectivity index (χ1) is 14.9. The first kappa shape index (κ1) is 20.5. The molecule has 8 heteroatoms. The van der Waals surface area contributed by atoms with Crippen LogP contribution in [0.3, 0.4) is 0 Å². The number of nitrogens with one attached hydrogen (secondary N) is 1. The largest absolute Gasteiger partial charge is 0.497 e. The first-order valence-electron chi connectivity index (χ1n) is 9.34. The van der Waals surface area contributed by atoms with Gasteiger partial charge in [-0.2, -0.15) is 0 Å². The molecule has 1 N–H and O–H groups in total. The predicted octanol–water partition coefficient (Wildman–Crippen LogP) is 4.41. The number of aryl methyl sites for hydroxylation is 1. The van der Waals surface area contributed by atoms with Gasteiger partial charge in [0, 0.05) is 4.90 Å². The Labute approximate surface area is 182 Å². The van der Waals surface area contributed by atoms with Crippen LogP contribution in [0.5, 0.6) is 5.75 Å². The number of barbiturate groups is 1. The van der Waals surface area contributed by atoms with Crippen LogP contribution in [0.4, 0.5) is 10.5 Å². The molecule has 156 valence electrons. The van der Waals surface area contributed by atoms with Gasteiger partial charge in [0.1, 0.15) is 17.1 Å². The Kier molecular flexibility index (Phi) is 5.64. The van der Waals surface area contributed by atoms with Crippen LogP contribution in [0.15, 0.2) is 80.6 Å². The van der Waals surface area contributed by atoms with Gasteiger partial charge >= 0.3 is 6.03 Å². The molecule has 0 atom stereocenters. The third-order valence-electron chi connectivity index (χ3n) is 4.56. The van der Waals surface area contributed by atoms with Crippen molar-refractivity contribution in [1.82, 2.24) is 5.32 Å². The van der Waals surface area contributed by atoms with Gasteiger partial charge in [0.2, 0.25) is 0 Å². The number of carbonyl (C=O) groups excluding carboxylic acids is 3. The molecule has 1 aliphatic rings. The zero-order valence-corrected chi connectivity index (χ0v) is 17.6. The number of nitrogens with zero attached hydrogens (tertiary/aromatic N) is 1. The number of amides is 4. The SMILES string of the molecule is COc1ccc(N2C(=O)NC(=O)/C(=C\c3ccc(Sc4ccc(C)cc4)o3)C2=O)cc1. The number of furan rings is 1. The second-order valence-corrected chi connectivity index (χ2v) is 7.81. The monoisotopic (exact) mass is 434 g/mol. The molecule has 1 saturated heterocycles. The Morgan fingerprint density at radius 3 is 2.35 bits per heavy atom. The normalized spacial score (nSPS) is 15.4. The Bertz CT molecular complexity index is 1180. The van der Waals surface area contributed by atoms with Gasteiger partial charge in [-0.15, -0.1) is 0 Å². The van der Waals surface area contributed by atoms with Crippen LogP contribution in [0.25, 0.3) is 6.08 Å². The molecule has 0 saturated carbocycles. The third kappa shape index (κ3) is 4.39. The van der Waals surface area contributed by atoms with E-state index in [2.05, 4.69) is 5.32 Å². The fraction of sp³-hybridized carbons (Fsp3) is 0.0870. The van der Waals surface area contributed by atoms with Crippen LogP contribution in [-0.2, 0) is 9.59 Å². The van der Waals surface area contributed by atoms with Crippen LogP contribution >= 0.6 is 11.8 Å². The van der Waals surface area contributed by atoms with Crippen molar-refractivity contribution in [2.45, 2.75) is 16.9 Å². The number of carbonyl (C=O) groups is 3. The molecule has 1 fully saturated rings. The first-order valence-corrected chi connectivity index (χ1v) is 10.2. The van der Waals surface area contributed by atoms with E-state index in [0.29, 0.717) is 22.3 Å². The zero-order chi connectivity index (χ0) is 22.0. The van der Waals surface area contributed by atoms with Gasteiger partial charge in [0.05, 0.1) is 12.8 Å². The number of ether oxygens (including phenoxy) is 1. The molecule has 7 nitrogen and oxygen atoms in total. The van der Waals surface area contributed by atoms with Crippen molar-refractivity contribution in [3.8, 4) is 5.75 Å². The molecule has 0 radical (unpaired) electrons. The van der Waals surface area contributed by atoms with Gasteiger partial charge in [0.25, 0.3) is 11.8 Å². The van der Waals surface area contributed by atoms with E-state index in [4.69, 9.17) is 9.15 Å². The molecule has 1 aliphatic heterocycles. The van der Waals surface area contributed by atoms with Crippen molar-refractivity contribution in [1.29, 1.82) is 0 Å². The Balaban J connectivity index is 1.58. The number of hydrogen-bond acceptors (Lipinski definition) is 6. The second kappa shape index (κ2) is 8.53. The average molecular weight is 434 g/mol. The van der Waals surface area contributed by atoms with Gasteiger partial charge in [-0.3, -0.25) is 14.9 Å². The van der Waals surface area contributed by atoms with E-state index in [1.165, 1.54) is 24.9 Å². The highest BCUT2D eigenvalue weighted by atomic mass is 32.2. The lowest BCUT2D eigenvalue weighted by molar-refractivity contribution is -0.122. The topological polar surface area (TPSA) is 88.8 Å². The molecule has 4 amide bonds. The van der Waals surface area contributed by atoms with E-state index in [1.807, 2.05) is 31.2 Å². The summed E-state index contributed by atoms with van der Waals surface area (Å²) >= 11 is 1.42. The Morgan fingerprint density at radius 1 is 0.968 bits per heavy atom. The molecule has 4 rings (SSSR count). The second-order valence-electron chi connectivity index (χ2n) is 6.73. The summed E-state index contributed by atoms with van der Waals surface area (Å²) in [5.41, 5.74) is 1.28.